The normalized spacial score (nSPS) is 10.6. The topological polar surface area (TPSA) is 92.8 Å². The molecule has 10 rings (SSSR count). The van der Waals surface area contributed by atoms with Gasteiger partial charge in [-0.25, -0.2) is 0 Å². The number of hydrogen-bond acceptors (Lipinski definition) is 7. The van der Waals surface area contributed by atoms with E-state index < -0.39 is 0 Å². The zero-order chi connectivity index (χ0) is 36.7. The Labute approximate surface area is 331 Å². The van der Waals surface area contributed by atoms with Crippen LogP contribution < -0.4 is 9.47 Å². The van der Waals surface area contributed by atoms with Crippen LogP contribution in [0.3, 0.4) is 0 Å². The molecule has 0 radical (unpaired) electrons. The van der Waals surface area contributed by atoms with E-state index in [-0.39, 0.29) is 20.1 Å². The number of hydrogen-bond donors (Lipinski definition) is 0. The molecule has 0 atom stereocenters. The molecular weight excluding hydrogens is 863 g/mol. The van der Waals surface area contributed by atoms with Gasteiger partial charge in [-0.3, -0.25) is 0 Å². The second-order valence-electron chi connectivity index (χ2n) is 12.0. The molecule has 268 valence electrons. The number of pyridine rings is 1. The van der Waals surface area contributed by atoms with E-state index in [0.29, 0.717) is 0 Å². The molecule has 0 bridgehead atoms. The van der Waals surface area contributed by atoms with E-state index in [4.69, 9.17) is 9.47 Å². The van der Waals surface area contributed by atoms with Gasteiger partial charge in [0.05, 0.1) is 14.2 Å². The summed E-state index contributed by atoms with van der Waals surface area (Å²) >= 11 is 0. The molecule has 3 heterocycles. The van der Waals surface area contributed by atoms with E-state index in [1.54, 1.807) is 30.0 Å². The first-order valence-electron chi connectivity index (χ1n) is 17.2. The van der Waals surface area contributed by atoms with Crippen molar-refractivity contribution < 1.29 is 29.6 Å². The van der Waals surface area contributed by atoms with Gasteiger partial charge in [-0.05, 0) is 47.4 Å². The first kappa shape index (κ1) is 36.6. The fourth-order valence-corrected chi connectivity index (χ4v) is 6.05. The van der Waals surface area contributed by atoms with Crippen molar-refractivity contribution in [1.29, 1.82) is 0 Å². The molecule has 0 spiro atoms. The van der Waals surface area contributed by atoms with Crippen LogP contribution >= 0.6 is 0 Å². The summed E-state index contributed by atoms with van der Waals surface area (Å²) in [5.74, 6) is 1.59. The minimum absolute atomic E-state index is 0. The third kappa shape index (κ3) is 7.82. The standard InChI is InChI=1S/2C17H12N3O.C11H8N.Ir/c2*1-21-17-11-10-16(12-6-2-3-7-13(12)17)20-18-14-8-4-5-9-15(14)19-20;1-2-6-10(7-3-1)11-8-4-5-9-12-11;/h2*2-9,11H,1H3;1-6,8-9H;/q3*-1;+3. The Bertz CT molecular complexity index is 2560. The van der Waals surface area contributed by atoms with Crippen molar-refractivity contribution in [2.24, 2.45) is 0 Å². The van der Waals surface area contributed by atoms with Crippen molar-refractivity contribution in [2.45, 2.75) is 0 Å². The molecule has 10 heteroatoms. The molecule has 7 aromatic carbocycles. The summed E-state index contributed by atoms with van der Waals surface area (Å²) in [5.41, 5.74) is 7.12. The Kier molecular flexibility index (Phi) is 11.3. The van der Waals surface area contributed by atoms with Crippen LogP contribution in [0.1, 0.15) is 0 Å². The maximum atomic E-state index is 5.40. The summed E-state index contributed by atoms with van der Waals surface area (Å²) in [6, 6.07) is 58.6. The number of benzene rings is 7. The molecule has 0 aliphatic carbocycles. The van der Waals surface area contributed by atoms with E-state index in [1.807, 2.05) is 152 Å². The predicted octanol–water partition coefficient (Wildman–Crippen LogP) is 9.31. The number of nitrogens with zero attached hydrogens (tertiary/aromatic N) is 7. The van der Waals surface area contributed by atoms with Crippen LogP contribution in [-0.4, -0.2) is 49.2 Å². The predicted molar refractivity (Wildman–Crippen MR) is 212 cm³/mol. The van der Waals surface area contributed by atoms with Gasteiger partial charge >= 0.3 is 20.1 Å². The SMILES string of the molecule is COc1c[c-]c(-n2nc3ccccc3n2)c2ccccc12.COc1c[c-]c(-n2nc3ccccc3n2)c2ccccc12.[Ir+3].[c-]1ccccc1-c1ccccn1. The minimum atomic E-state index is 0. The van der Waals surface area contributed by atoms with Crippen molar-refractivity contribution in [2.75, 3.05) is 14.2 Å². The average molecular weight is 895 g/mol. The molecule has 9 nitrogen and oxygen atoms in total. The van der Waals surface area contributed by atoms with E-state index in [1.165, 1.54) is 0 Å². The molecule has 3 aromatic heterocycles. The number of rotatable bonds is 5. The van der Waals surface area contributed by atoms with E-state index in [0.717, 1.165) is 77.7 Å². The van der Waals surface area contributed by atoms with Gasteiger partial charge in [0.1, 0.15) is 22.1 Å². The largest absolute Gasteiger partial charge is 3.00 e. The van der Waals surface area contributed by atoms with Crippen molar-refractivity contribution in [3.05, 3.63) is 176 Å². The molecular formula is C45H32IrN7O2. The van der Waals surface area contributed by atoms with Crippen LogP contribution in [0.25, 0.3) is 66.2 Å². The maximum Gasteiger partial charge on any atom is 3.00 e. The van der Waals surface area contributed by atoms with E-state index in [9.17, 15) is 0 Å². The molecule has 0 unspecified atom stereocenters. The Morgan fingerprint density at radius 1 is 0.455 bits per heavy atom. The average Bonchev–Trinajstić information content (AvgIpc) is 3.89. The fourth-order valence-electron chi connectivity index (χ4n) is 6.05. The number of ether oxygens (including phenoxy) is 2. The Morgan fingerprint density at radius 3 is 1.27 bits per heavy atom. The van der Waals surface area contributed by atoms with E-state index in [2.05, 4.69) is 43.6 Å². The third-order valence-electron chi connectivity index (χ3n) is 8.64. The van der Waals surface area contributed by atoms with Gasteiger partial charge < -0.3 is 14.5 Å². The van der Waals surface area contributed by atoms with Gasteiger partial charge in [0.25, 0.3) is 0 Å². The quantitative estimate of drug-likeness (QED) is 0.159. The number of fused-ring (bicyclic) bond motifs is 4. The summed E-state index contributed by atoms with van der Waals surface area (Å²) in [4.78, 5) is 7.48. The van der Waals surface area contributed by atoms with Gasteiger partial charge in [0.2, 0.25) is 0 Å². The number of methoxy groups -OCH3 is 2. The summed E-state index contributed by atoms with van der Waals surface area (Å²) in [5, 5.41) is 22.2. The Balaban J connectivity index is 0.000000131. The second-order valence-corrected chi connectivity index (χ2v) is 12.0. The molecule has 0 N–H and O–H groups in total. The molecule has 0 fully saturated rings. The van der Waals surface area contributed by atoms with Gasteiger partial charge in [0.15, 0.2) is 0 Å². The fraction of sp³-hybridized carbons (Fsp3) is 0.0444. The smallest absolute Gasteiger partial charge is 0.554 e. The van der Waals surface area contributed by atoms with Crippen LogP contribution in [0, 0.1) is 18.2 Å². The van der Waals surface area contributed by atoms with Crippen molar-refractivity contribution >= 4 is 43.6 Å². The molecule has 0 saturated carbocycles. The van der Waals surface area contributed by atoms with Gasteiger partial charge in [-0.1, -0.05) is 94.3 Å². The van der Waals surface area contributed by atoms with Gasteiger partial charge in [-0.15, -0.1) is 60.2 Å². The maximum absolute atomic E-state index is 5.40. The Hall–Kier alpha value is -6.74. The summed E-state index contributed by atoms with van der Waals surface area (Å²) in [7, 11) is 3.32. The van der Waals surface area contributed by atoms with Gasteiger partial charge in [0, 0.05) is 17.7 Å². The number of aromatic nitrogens is 7. The van der Waals surface area contributed by atoms with Crippen LogP contribution in [0.4, 0.5) is 0 Å². The van der Waals surface area contributed by atoms with Crippen LogP contribution in [0.5, 0.6) is 11.5 Å². The molecule has 0 amide bonds. The Morgan fingerprint density at radius 2 is 0.873 bits per heavy atom. The molecule has 0 aliphatic heterocycles. The van der Waals surface area contributed by atoms with Crippen LogP contribution in [0.2, 0.25) is 0 Å². The molecule has 55 heavy (non-hydrogen) atoms. The van der Waals surface area contributed by atoms with Crippen molar-refractivity contribution in [3.8, 4) is 34.1 Å². The zero-order valence-corrected chi connectivity index (χ0v) is 32.2. The molecule has 0 aliphatic rings. The zero-order valence-electron chi connectivity index (χ0n) is 29.8. The summed E-state index contributed by atoms with van der Waals surface area (Å²) < 4.78 is 10.8. The first-order chi connectivity index (χ1) is 26.7. The second kappa shape index (κ2) is 16.9. The first-order valence-corrected chi connectivity index (χ1v) is 17.2. The van der Waals surface area contributed by atoms with Crippen molar-refractivity contribution in [3.63, 3.8) is 0 Å². The molecule has 10 aromatic rings. The monoisotopic (exact) mass is 895 g/mol. The van der Waals surface area contributed by atoms with Crippen LogP contribution in [-0.2, 0) is 20.1 Å². The van der Waals surface area contributed by atoms with Crippen molar-refractivity contribution in [1.82, 2.24) is 35.0 Å². The van der Waals surface area contributed by atoms with Crippen LogP contribution in [0.15, 0.2) is 158 Å². The van der Waals surface area contributed by atoms with Gasteiger partial charge in [-0.2, -0.15) is 42.1 Å². The van der Waals surface area contributed by atoms with E-state index >= 15 is 0 Å². The summed E-state index contributed by atoms with van der Waals surface area (Å²) in [6.45, 7) is 0. The summed E-state index contributed by atoms with van der Waals surface area (Å²) in [6.07, 6.45) is 1.79. The molecule has 0 saturated heterocycles. The minimum Gasteiger partial charge on any atom is -0.554 e. The third-order valence-corrected chi connectivity index (χ3v) is 8.64.